The van der Waals surface area contributed by atoms with Crippen LogP contribution in [0.2, 0.25) is 5.02 Å². The molecule has 1 saturated heterocycles. The molecule has 1 heterocycles. The van der Waals surface area contributed by atoms with Crippen LogP contribution >= 0.6 is 11.6 Å². The highest BCUT2D eigenvalue weighted by atomic mass is 35.5. The van der Waals surface area contributed by atoms with Gasteiger partial charge in [-0.3, -0.25) is 4.79 Å². The Morgan fingerprint density at radius 1 is 1.35 bits per heavy atom. The van der Waals surface area contributed by atoms with Gasteiger partial charge in [0.2, 0.25) is 0 Å². The fraction of sp³-hybridized carbons (Fsp3) is 0.364. The Balaban J connectivity index is 2.18. The lowest BCUT2D eigenvalue weighted by Crippen LogP contribution is -2.59. The Morgan fingerprint density at radius 3 is 2.61 bits per heavy atom. The summed E-state index contributed by atoms with van der Waals surface area (Å²) in [5.41, 5.74) is -1.49. The van der Waals surface area contributed by atoms with Crippen molar-refractivity contribution in [2.45, 2.75) is 37.7 Å². The summed E-state index contributed by atoms with van der Waals surface area (Å²) in [4.78, 5) is 14.7. The SMILES string of the molecule is C[C@H](O)C(=O)[C@]1(N(Cc2ccccc2C(F)(F)F)c2ccc(C#N)c(Cl)c2)CCNC1. The third-order valence-electron chi connectivity index (χ3n) is 5.52. The van der Waals surface area contributed by atoms with Gasteiger partial charge in [0, 0.05) is 18.8 Å². The van der Waals surface area contributed by atoms with Gasteiger partial charge in [-0.15, -0.1) is 0 Å². The third kappa shape index (κ3) is 4.54. The number of carbonyl (C=O) groups excluding carboxylic acids is 1. The van der Waals surface area contributed by atoms with Crippen LogP contribution < -0.4 is 10.2 Å². The van der Waals surface area contributed by atoms with Crippen molar-refractivity contribution in [1.82, 2.24) is 5.32 Å². The number of nitrogens with one attached hydrogen (secondary N) is 1. The predicted molar refractivity (Wildman–Crippen MR) is 111 cm³/mol. The maximum atomic E-state index is 13.6. The van der Waals surface area contributed by atoms with Gasteiger partial charge in [0.1, 0.15) is 17.7 Å². The summed E-state index contributed by atoms with van der Waals surface area (Å²) in [7, 11) is 0. The lowest BCUT2D eigenvalue weighted by molar-refractivity contribution is -0.138. The van der Waals surface area contributed by atoms with Crippen LogP contribution in [0.15, 0.2) is 42.5 Å². The minimum Gasteiger partial charge on any atom is -0.386 e. The van der Waals surface area contributed by atoms with Crippen LogP contribution in [0.5, 0.6) is 0 Å². The van der Waals surface area contributed by atoms with Crippen molar-refractivity contribution < 1.29 is 23.1 Å². The van der Waals surface area contributed by atoms with E-state index in [-0.39, 0.29) is 29.2 Å². The highest BCUT2D eigenvalue weighted by Crippen LogP contribution is 2.38. The van der Waals surface area contributed by atoms with Gasteiger partial charge in [0.25, 0.3) is 0 Å². The largest absolute Gasteiger partial charge is 0.416 e. The van der Waals surface area contributed by atoms with Crippen molar-refractivity contribution in [2.75, 3.05) is 18.0 Å². The Morgan fingerprint density at radius 2 is 2.06 bits per heavy atom. The van der Waals surface area contributed by atoms with Crippen molar-refractivity contribution in [3.05, 3.63) is 64.2 Å². The summed E-state index contributed by atoms with van der Waals surface area (Å²) in [6.45, 7) is 1.72. The second-order valence-electron chi connectivity index (χ2n) is 7.52. The number of rotatable bonds is 6. The zero-order valence-electron chi connectivity index (χ0n) is 16.7. The number of benzene rings is 2. The molecular weight excluding hydrogens is 431 g/mol. The molecular formula is C22H21ClF3N3O2. The maximum Gasteiger partial charge on any atom is 0.416 e. The molecule has 0 aromatic heterocycles. The lowest BCUT2D eigenvalue weighted by Gasteiger charge is -2.42. The van der Waals surface area contributed by atoms with Crippen LogP contribution in [0, 0.1) is 11.3 Å². The van der Waals surface area contributed by atoms with Crippen molar-refractivity contribution in [2.24, 2.45) is 0 Å². The standard InChI is InChI=1S/C22H21ClF3N3O2/c1-14(30)20(31)21(8-9-28-13-21)29(17-7-6-15(11-27)19(23)10-17)12-16-4-2-3-5-18(16)22(24,25)26/h2-7,10,14,28,30H,8-9,12-13H2,1H3/t14-,21-/m0/s1. The van der Waals surface area contributed by atoms with Crippen molar-refractivity contribution >= 4 is 23.1 Å². The molecule has 2 N–H and O–H groups in total. The molecule has 5 nitrogen and oxygen atoms in total. The number of nitrogens with zero attached hydrogens (tertiary/aromatic N) is 2. The van der Waals surface area contributed by atoms with Crippen LogP contribution in [0.3, 0.4) is 0 Å². The number of carbonyl (C=O) groups is 1. The molecule has 0 aliphatic carbocycles. The predicted octanol–water partition coefficient (Wildman–Crippen LogP) is 3.92. The molecule has 0 radical (unpaired) electrons. The van der Waals surface area contributed by atoms with Gasteiger partial charge in [0.05, 0.1) is 16.1 Å². The second-order valence-corrected chi connectivity index (χ2v) is 7.92. The molecule has 0 bridgehead atoms. The summed E-state index contributed by atoms with van der Waals surface area (Å²) in [6.07, 6.45) is -5.59. The lowest BCUT2D eigenvalue weighted by atomic mass is 9.86. The van der Waals surface area contributed by atoms with E-state index in [1.807, 2.05) is 6.07 Å². The topological polar surface area (TPSA) is 76.4 Å². The monoisotopic (exact) mass is 451 g/mol. The van der Waals surface area contributed by atoms with Crippen LogP contribution in [0.1, 0.15) is 30.0 Å². The number of hydrogen-bond donors (Lipinski definition) is 2. The van der Waals surface area contributed by atoms with Crippen LogP contribution in [-0.2, 0) is 17.5 Å². The molecule has 3 rings (SSSR count). The molecule has 0 amide bonds. The minimum absolute atomic E-state index is 0.0137. The normalized spacial score (nSPS) is 19.6. The Kier molecular flexibility index (Phi) is 6.60. The highest BCUT2D eigenvalue weighted by Gasteiger charge is 2.48. The van der Waals surface area contributed by atoms with Gasteiger partial charge in [0.15, 0.2) is 5.78 Å². The maximum absolute atomic E-state index is 13.6. The number of alkyl halides is 3. The van der Waals surface area contributed by atoms with Crippen molar-refractivity contribution in [3.63, 3.8) is 0 Å². The summed E-state index contributed by atoms with van der Waals surface area (Å²) in [6, 6.07) is 11.6. The zero-order valence-corrected chi connectivity index (χ0v) is 17.5. The molecule has 2 aromatic rings. The number of hydrogen-bond acceptors (Lipinski definition) is 5. The van der Waals surface area contributed by atoms with Gasteiger partial charge in [-0.2, -0.15) is 18.4 Å². The molecule has 164 valence electrons. The molecule has 9 heteroatoms. The van der Waals surface area contributed by atoms with E-state index in [0.29, 0.717) is 18.7 Å². The fourth-order valence-electron chi connectivity index (χ4n) is 4.00. The van der Waals surface area contributed by atoms with E-state index in [9.17, 15) is 23.1 Å². The van der Waals surface area contributed by atoms with E-state index >= 15 is 0 Å². The van der Waals surface area contributed by atoms with Gasteiger partial charge >= 0.3 is 6.18 Å². The number of anilines is 1. The average molecular weight is 452 g/mol. The molecule has 0 unspecified atom stereocenters. The number of ketones is 1. The second kappa shape index (κ2) is 8.87. The first-order valence-corrected chi connectivity index (χ1v) is 10.0. The number of aliphatic hydroxyl groups is 1. The van der Waals surface area contributed by atoms with E-state index in [0.717, 1.165) is 6.07 Å². The Hall–Kier alpha value is -2.60. The first-order valence-electron chi connectivity index (χ1n) is 9.65. The minimum atomic E-state index is -4.57. The molecule has 31 heavy (non-hydrogen) atoms. The van der Waals surface area contributed by atoms with Crippen molar-refractivity contribution in [1.29, 1.82) is 5.26 Å². The zero-order chi connectivity index (χ0) is 22.8. The van der Waals surface area contributed by atoms with E-state index in [2.05, 4.69) is 5.32 Å². The molecule has 0 saturated carbocycles. The molecule has 2 atom stereocenters. The van der Waals surface area contributed by atoms with Crippen LogP contribution in [0.4, 0.5) is 18.9 Å². The summed E-state index contributed by atoms with van der Waals surface area (Å²) >= 11 is 6.20. The first kappa shape index (κ1) is 23.1. The highest BCUT2D eigenvalue weighted by molar-refractivity contribution is 6.32. The fourth-order valence-corrected chi connectivity index (χ4v) is 4.22. The Bertz CT molecular complexity index is 1010. The van der Waals surface area contributed by atoms with Crippen LogP contribution in [-0.4, -0.2) is 35.6 Å². The van der Waals surface area contributed by atoms with Gasteiger partial charge < -0.3 is 15.3 Å². The molecule has 2 aromatic carbocycles. The number of Topliss-reactive ketones (excluding diaryl/α,β-unsaturated/α-hetero) is 1. The number of halogens is 4. The van der Waals surface area contributed by atoms with E-state index in [4.69, 9.17) is 16.9 Å². The smallest absolute Gasteiger partial charge is 0.386 e. The Labute approximate surface area is 183 Å². The van der Waals surface area contributed by atoms with E-state index in [1.165, 1.54) is 37.3 Å². The summed E-state index contributed by atoms with van der Waals surface area (Å²) in [5.74, 6) is -0.498. The van der Waals surface area contributed by atoms with Crippen molar-refractivity contribution in [3.8, 4) is 6.07 Å². The number of aliphatic hydroxyl groups excluding tert-OH is 1. The van der Waals surface area contributed by atoms with Gasteiger partial charge in [-0.1, -0.05) is 29.8 Å². The quantitative estimate of drug-likeness (QED) is 0.696. The molecule has 1 aliphatic heterocycles. The van der Waals surface area contributed by atoms with E-state index < -0.39 is 29.2 Å². The summed E-state index contributed by atoms with van der Waals surface area (Å²) in [5, 5.41) is 22.4. The van der Waals surface area contributed by atoms with E-state index in [1.54, 1.807) is 11.0 Å². The molecule has 1 aliphatic rings. The van der Waals surface area contributed by atoms with Gasteiger partial charge in [-0.05, 0) is 49.7 Å². The number of nitriles is 1. The first-order chi connectivity index (χ1) is 14.6. The third-order valence-corrected chi connectivity index (χ3v) is 5.84. The van der Waals surface area contributed by atoms with Gasteiger partial charge in [-0.25, -0.2) is 0 Å². The average Bonchev–Trinajstić information content (AvgIpc) is 3.21. The summed E-state index contributed by atoms with van der Waals surface area (Å²) < 4.78 is 40.9. The van der Waals surface area contributed by atoms with Crippen LogP contribution in [0.25, 0.3) is 0 Å². The molecule has 0 spiro atoms. The molecule has 1 fully saturated rings.